The third-order valence-electron chi connectivity index (χ3n) is 1.86. The molecule has 0 saturated carbocycles. The quantitative estimate of drug-likeness (QED) is 0.801. The van der Waals surface area contributed by atoms with Crippen molar-refractivity contribution in [1.29, 1.82) is 0 Å². The molecule has 0 aromatic heterocycles. The molecule has 0 radical (unpaired) electrons. The van der Waals surface area contributed by atoms with Crippen LogP contribution in [0.4, 0.5) is 18.9 Å². The smallest absolute Gasteiger partial charge is 0.398 e. The van der Waals surface area contributed by atoms with Gasteiger partial charge in [0.25, 0.3) is 0 Å². The number of alkyl halides is 3. The van der Waals surface area contributed by atoms with Crippen molar-refractivity contribution in [3.05, 3.63) is 29.3 Å². The van der Waals surface area contributed by atoms with Crippen molar-refractivity contribution in [2.24, 2.45) is 0 Å². The van der Waals surface area contributed by atoms with Gasteiger partial charge in [0.05, 0.1) is 11.3 Å². The van der Waals surface area contributed by atoms with E-state index in [1.807, 2.05) is 0 Å². The Hall–Kier alpha value is -1.04. The molecule has 6 heteroatoms. The third-order valence-corrected chi connectivity index (χ3v) is 2.58. The second-order valence-electron chi connectivity index (χ2n) is 3.09. The first-order valence-electron chi connectivity index (χ1n) is 4.07. The van der Waals surface area contributed by atoms with Crippen molar-refractivity contribution in [2.75, 3.05) is 12.0 Å². The minimum Gasteiger partial charge on any atom is -0.398 e. The van der Waals surface area contributed by atoms with Gasteiger partial charge in [0.1, 0.15) is 0 Å². The van der Waals surface area contributed by atoms with Crippen LogP contribution in [0.1, 0.15) is 11.1 Å². The van der Waals surface area contributed by atoms with Crippen molar-refractivity contribution in [1.82, 2.24) is 0 Å². The van der Waals surface area contributed by atoms with Gasteiger partial charge in [0.15, 0.2) is 0 Å². The van der Waals surface area contributed by atoms with Crippen molar-refractivity contribution in [2.45, 2.75) is 11.9 Å². The molecular formula is C9H10F3NOS. The molecule has 0 aliphatic carbocycles. The van der Waals surface area contributed by atoms with Gasteiger partial charge >= 0.3 is 6.18 Å². The minimum atomic E-state index is -4.46. The fourth-order valence-electron chi connectivity index (χ4n) is 1.21. The van der Waals surface area contributed by atoms with Crippen LogP contribution in [0, 0.1) is 0 Å². The summed E-state index contributed by atoms with van der Waals surface area (Å²) in [7, 11) is -1.21. The van der Waals surface area contributed by atoms with Crippen molar-refractivity contribution in [3.8, 4) is 0 Å². The van der Waals surface area contributed by atoms with E-state index in [2.05, 4.69) is 0 Å². The first-order valence-corrected chi connectivity index (χ1v) is 5.79. The molecule has 1 atom stereocenters. The number of benzene rings is 1. The topological polar surface area (TPSA) is 43.1 Å². The maximum Gasteiger partial charge on any atom is 0.418 e. The molecule has 0 aliphatic heterocycles. The van der Waals surface area contributed by atoms with Crippen LogP contribution >= 0.6 is 0 Å². The molecule has 0 heterocycles. The Morgan fingerprint density at radius 3 is 2.47 bits per heavy atom. The molecule has 2 N–H and O–H groups in total. The number of nitrogens with two attached hydrogens (primary N) is 1. The Kier molecular flexibility index (Phi) is 3.38. The van der Waals surface area contributed by atoms with Gasteiger partial charge in [0.2, 0.25) is 0 Å². The minimum absolute atomic E-state index is 0.0375. The summed E-state index contributed by atoms with van der Waals surface area (Å²) in [5.41, 5.74) is 4.43. The van der Waals surface area contributed by atoms with E-state index in [4.69, 9.17) is 5.73 Å². The summed E-state index contributed by atoms with van der Waals surface area (Å²) in [4.78, 5) is 0. The Morgan fingerprint density at radius 2 is 2.00 bits per heavy atom. The predicted octanol–water partition coefficient (Wildman–Crippen LogP) is 2.17. The average molecular weight is 237 g/mol. The van der Waals surface area contributed by atoms with Crippen LogP contribution in [-0.4, -0.2) is 10.5 Å². The molecule has 2 nitrogen and oxygen atoms in total. The highest BCUT2D eigenvalue weighted by atomic mass is 32.2. The van der Waals surface area contributed by atoms with E-state index in [1.165, 1.54) is 18.4 Å². The Balaban J connectivity index is 3.17. The lowest BCUT2D eigenvalue weighted by molar-refractivity contribution is -0.136. The van der Waals surface area contributed by atoms with E-state index >= 15 is 0 Å². The van der Waals surface area contributed by atoms with E-state index < -0.39 is 22.5 Å². The van der Waals surface area contributed by atoms with Gasteiger partial charge in [-0.1, -0.05) is 12.1 Å². The van der Waals surface area contributed by atoms with Gasteiger partial charge in [-0.05, 0) is 11.6 Å². The molecule has 0 bridgehead atoms. The fraction of sp³-hybridized carbons (Fsp3) is 0.333. The molecule has 84 valence electrons. The number of halogens is 3. The zero-order valence-electron chi connectivity index (χ0n) is 7.97. The van der Waals surface area contributed by atoms with Gasteiger partial charge in [-0.3, -0.25) is 4.21 Å². The monoisotopic (exact) mass is 237 g/mol. The summed E-state index contributed by atoms with van der Waals surface area (Å²) in [5.74, 6) is 0.0375. The first-order chi connectivity index (χ1) is 6.82. The molecule has 1 rings (SSSR count). The molecule has 0 saturated heterocycles. The lowest BCUT2D eigenvalue weighted by Crippen LogP contribution is -2.11. The summed E-state index contributed by atoms with van der Waals surface area (Å²) in [6, 6.07) is 3.63. The van der Waals surface area contributed by atoms with Crippen LogP contribution in [0.15, 0.2) is 18.2 Å². The molecule has 0 fully saturated rings. The highest BCUT2D eigenvalue weighted by molar-refractivity contribution is 7.83. The average Bonchev–Trinajstić information content (AvgIpc) is 2.05. The van der Waals surface area contributed by atoms with E-state index in [0.29, 0.717) is 0 Å². The molecule has 0 aliphatic rings. The second kappa shape index (κ2) is 4.22. The van der Waals surface area contributed by atoms with E-state index in [0.717, 1.165) is 6.07 Å². The van der Waals surface area contributed by atoms with E-state index in [1.54, 1.807) is 0 Å². The highest BCUT2D eigenvalue weighted by Crippen LogP contribution is 2.35. The van der Waals surface area contributed by atoms with Crippen LogP contribution < -0.4 is 5.73 Å². The zero-order valence-corrected chi connectivity index (χ0v) is 8.78. The van der Waals surface area contributed by atoms with Gasteiger partial charge in [0, 0.05) is 22.7 Å². The van der Waals surface area contributed by atoms with Crippen molar-refractivity contribution in [3.63, 3.8) is 0 Å². The fourth-order valence-corrected chi connectivity index (χ4v) is 1.89. The van der Waals surface area contributed by atoms with Crippen molar-refractivity contribution >= 4 is 16.5 Å². The van der Waals surface area contributed by atoms with Gasteiger partial charge in [-0.15, -0.1) is 0 Å². The molecule has 1 aromatic rings. The van der Waals surface area contributed by atoms with Crippen LogP contribution in [0.2, 0.25) is 0 Å². The van der Waals surface area contributed by atoms with Crippen LogP contribution in [-0.2, 0) is 22.7 Å². The number of hydrogen-bond donors (Lipinski definition) is 1. The summed E-state index contributed by atoms with van der Waals surface area (Å²) in [6.07, 6.45) is -3.05. The first kappa shape index (κ1) is 12.0. The van der Waals surface area contributed by atoms with Crippen LogP contribution in [0.3, 0.4) is 0 Å². The third kappa shape index (κ3) is 2.95. The van der Waals surface area contributed by atoms with Crippen LogP contribution in [0.25, 0.3) is 0 Å². The van der Waals surface area contributed by atoms with Crippen molar-refractivity contribution < 1.29 is 17.4 Å². The number of para-hydroxylation sites is 1. The van der Waals surface area contributed by atoms with Gasteiger partial charge in [-0.25, -0.2) is 0 Å². The normalized spacial score (nSPS) is 13.9. The number of nitrogen functional groups attached to an aromatic ring is 1. The molecule has 1 unspecified atom stereocenters. The maximum absolute atomic E-state index is 12.4. The molecule has 1 aromatic carbocycles. The lowest BCUT2D eigenvalue weighted by Gasteiger charge is -2.12. The number of anilines is 1. The standard InChI is InChI=1S/C9H10F3NOS/c1-15(14)5-6-3-2-4-7(8(6)13)9(10,11)12/h2-4H,5,13H2,1H3. The largest absolute Gasteiger partial charge is 0.418 e. The zero-order chi connectivity index (χ0) is 11.6. The molecular weight excluding hydrogens is 227 g/mol. The highest BCUT2D eigenvalue weighted by Gasteiger charge is 2.33. The number of hydrogen-bond acceptors (Lipinski definition) is 2. The molecule has 15 heavy (non-hydrogen) atoms. The van der Waals surface area contributed by atoms with E-state index in [9.17, 15) is 17.4 Å². The van der Waals surface area contributed by atoms with Crippen LogP contribution in [0.5, 0.6) is 0 Å². The molecule has 0 amide bonds. The maximum atomic E-state index is 12.4. The Morgan fingerprint density at radius 1 is 1.40 bits per heavy atom. The molecule has 0 spiro atoms. The predicted molar refractivity (Wildman–Crippen MR) is 53.6 cm³/mol. The Labute approximate surface area is 87.7 Å². The number of rotatable bonds is 2. The Bertz CT molecular complexity index is 389. The van der Waals surface area contributed by atoms with Gasteiger partial charge in [-0.2, -0.15) is 13.2 Å². The summed E-state index contributed by atoms with van der Waals surface area (Å²) < 4.78 is 48.1. The second-order valence-corrected chi connectivity index (χ2v) is 4.53. The summed E-state index contributed by atoms with van der Waals surface area (Å²) >= 11 is 0. The van der Waals surface area contributed by atoms with E-state index in [-0.39, 0.29) is 17.0 Å². The lowest BCUT2D eigenvalue weighted by atomic mass is 10.1. The summed E-state index contributed by atoms with van der Waals surface area (Å²) in [5, 5.41) is 0. The SMILES string of the molecule is CS(=O)Cc1cccc(C(F)(F)F)c1N. The van der Waals surface area contributed by atoms with Gasteiger partial charge < -0.3 is 5.73 Å². The summed E-state index contributed by atoms with van der Waals surface area (Å²) in [6.45, 7) is 0.